The Kier molecular flexibility index (Phi) is 3.43. The first kappa shape index (κ1) is 11.1. The number of nitrogens with zero attached hydrogens (tertiary/aromatic N) is 1. The summed E-state index contributed by atoms with van der Waals surface area (Å²) >= 11 is 8.39. The zero-order chi connectivity index (χ0) is 10.8. The Balaban J connectivity index is 2.72. The van der Waals surface area contributed by atoms with Crippen molar-refractivity contribution < 1.29 is 4.74 Å². The zero-order valence-electron chi connectivity index (χ0n) is 8.13. The molecule has 2 nitrogen and oxygen atoms in total. The molecule has 0 fully saturated rings. The zero-order valence-corrected chi connectivity index (χ0v) is 11.0. The lowest BCUT2D eigenvalue weighted by atomic mass is 10.1. The van der Waals surface area contributed by atoms with E-state index in [0.29, 0.717) is 6.61 Å². The first-order chi connectivity index (χ1) is 7.24. The van der Waals surface area contributed by atoms with E-state index in [0.717, 1.165) is 25.1 Å². The summed E-state index contributed by atoms with van der Waals surface area (Å²) in [7, 11) is 1.67. The van der Waals surface area contributed by atoms with Gasteiger partial charge in [0.2, 0.25) is 0 Å². The van der Waals surface area contributed by atoms with Gasteiger partial charge in [0.25, 0.3) is 0 Å². The smallest absolute Gasteiger partial charge is 0.0772 e. The Bertz CT molecular complexity index is 501. The van der Waals surface area contributed by atoms with Gasteiger partial charge >= 0.3 is 0 Å². The molecule has 1 aromatic heterocycles. The normalized spacial score (nSPS) is 10.9. The highest BCUT2D eigenvalue weighted by molar-refractivity contribution is 14.1. The molecule has 0 aliphatic rings. The topological polar surface area (TPSA) is 22.1 Å². The van der Waals surface area contributed by atoms with E-state index in [-0.39, 0.29) is 0 Å². The van der Waals surface area contributed by atoms with E-state index in [1.165, 1.54) is 0 Å². The average Bonchev–Trinajstić information content (AvgIpc) is 2.25. The van der Waals surface area contributed by atoms with Gasteiger partial charge in [-0.05, 0) is 22.6 Å². The highest BCUT2D eigenvalue weighted by atomic mass is 127. The van der Waals surface area contributed by atoms with Gasteiger partial charge in [-0.3, -0.25) is 4.98 Å². The maximum atomic E-state index is 6.21. The predicted octanol–water partition coefficient (Wildman–Crippen LogP) is 3.64. The van der Waals surface area contributed by atoms with Crippen LogP contribution in [0.2, 0.25) is 5.02 Å². The number of methoxy groups -OCH3 is 1. The molecule has 1 heterocycles. The van der Waals surface area contributed by atoms with Crippen molar-refractivity contribution in [2.75, 3.05) is 7.11 Å². The van der Waals surface area contributed by atoms with E-state index in [2.05, 4.69) is 27.6 Å². The molecule has 0 saturated heterocycles. The number of rotatable bonds is 2. The summed E-state index contributed by atoms with van der Waals surface area (Å²) in [4.78, 5) is 4.39. The highest BCUT2D eigenvalue weighted by Gasteiger charge is 2.07. The van der Waals surface area contributed by atoms with E-state index in [1.54, 1.807) is 13.3 Å². The second kappa shape index (κ2) is 4.63. The van der Waals surface area contributed by atoms with E-state index < -0.39 is 0 Å². The number of hydrogen-bond acceptors (Lipinski definition) is 2. The number of halogens is 2. The van der Waals surface area contributed by atoms with Crippen molar-refractivity contribution in [2.24, 2.45) is 0 Å². The third-order valence-electron chi connectivity index (χ3n) is 2.17. The second-order valence-corrected chi connectivity index (χ2v) is 4.71. The molecule has 2 rings (SSSR count). The molecule has 0 N–H and O–H groups in total. The SMILES string of the molecule is COCc1cccc2c(Cl)c(I)cnc12. The Hall–Kier alpha value is -0.390. The van der Waals surface area contributed by atoms with Crippen molar-refractivity contribution in [3.63, 3.8) is 0 Å². The average molecular weight is 334 g/mol. The molecule has 0 saturated carbocycles. The van der Waals surface area contributed by atoms with Crippen LogP contribution < -0.4 is 0 Å². The fraction of sp³-hybridized carbons (Fsp3) is 0.182. The third-order valence-corrected chi connectivity index (χ3v) is 3.72. The molecule has 0 unspecified atom stereocenters. The van der Waals surface area contributed by atoms with Crippen LogP contribution in [0.25, 0.3) is 10.9 Å². The van der Waals surface area contributed by atoms with E-state index in [4.69, 9.17) is 16.3 Å². The standard InChI is InChI=1S/C11H9ClINO/c1-15-6-7-3-2-4-8-10(12)9(13)5-14-11(7)8/h2-5H,6H2,1H3. The number of fused-ring (bicyclic) bond motifs is 1. The van der Waals surface area contributed by atoms with Crippen LogP contribution in [0.15, 0.2) is 24.4 Å². The van der Waals surface area contributed by atoms with Gasteiger partial charge in [-0.1, -0.05) is 29.8 Å². The number of pyridine rings is 1. The van der Waals surface area contributed by atoms with Crippen LogP contribution in [-0.4, -0.2) is 12.1 Å². The van der Waals surface area contributed by atoms with Gasteiger partial charge in [-0.15, -0.1) is 0 Å². The minimum atomic E-state index is 0.557. The van der Waals surface area contributed by atoms with Crippen LogP contribution in [0.1, 0.15) is 5.56 Å². The first-order valence-corrected chi connectivity index (χ1v) is 5.90. The summed E-state index contributed by atoms with van der Waals surface area (Å²) < 4.78 is 6.09. The molecule has 0 aliphatic heterocycles. The van der Waals surface area contributed by atoms with Crippen LogP contribution in [0, 0.1) is 3.57 Å². The summed E-state index contributed by atoms with van der Waals surface area (Å²) in [6.45, 7) is 0.557. The van der Waals surface area contributed by atoms with Crippen molar-refractivity contribution in [2.45, 2.75) is 6.61 Å². The lowest BCUT2D eigenvalue weighted by Gasteiger charge is -2.06. The minimum absolute atomic E-state index is 0.557. The monoisotopic (exact) mass is 333 g/mol. The lowest BCUT2D eigenvalue weighted by Crippen LogP contribution is -1.92. The molecular weight excluding hydrogens is 324 g/mol. The van der Waals surface area contributed by atoms with Gasteiger partial charge in [0.1, 0.15) is 0 Å². The number of hydrogen-bond donors (Lipinski definition) is 0. The Morgan fingerprint density at radius 3 is 3.00 bits per heavy atom. The van der Waals surface area contributed by atoms with E-state index in [9.17, 15) is 0 Å². The number of ether oxygens (including phenoxy) is 1. The van der Waals surface area contributed by atoms with Gasteiger partial charge < -0.3 is 4.74 Å². The predicted molar refractivity (Wildman–Crippen MR) is 70.2 cm³/mol. The minimum Gasteiger partial charge on any atom is -0.380 e. The fourth-order valence-electron chi connectivity index (χ4n) is 1.50. The fourth-order valence-corrected chi connectivity index (χ4v) is 2.13. The van der Waals surface area contributed by atoms with Crippen molar-refractivity contribution in [3.8, 4) is 0 Å². The van der Waals surface area contributed by atoms with E-state index >= 15 is 0 Å². The number of benzene rings is 1. The van der Waals surface area contributed by atoms with E-state index in [1.807, 2.05) is 18.2 Å². The molecule has 0 radical (unpaired) electrons. The molecular formula is C11H9ClINO. The van der Waals surface area contributed by atoms with Crippen molar-refractivity contribution in [1.82, 2.24) is 4.98 Å². The summed E-state index contributed by atoms with van der Waals surface area (Å²) in [5, 5.41) is 1.75. The molecule has 0 amide bonds. The van der Waals surface area contributed by atoms with Gasteiger partial charge in [0, 0.05) is 24.3 Å². The van der Waals surface area contributed by atoms with Crippen LogP contribution in [0.3, 0.4) is 0 Å². The van der Waals surface area contributed by atoms with Crippen LogP contribution in [-0.2, 0) is 11.3 Å². The molecule has 0 aliphatic carbocycles. The third kappa shape index (κ3) is 2.09. The first-order valence-electron chi connectivity index (χ1n) is 4.44. The molecule has 4 heteroatoms. The molecule has 15 heavy (non-hydrogen) atoms. The highest BCUT2D eigenvalue weighted by Crippen LogP contribution is 2.28. The van der Waals surface area contributed by atoms with Gasteiger partial charge in [0.15, 0.2) is 0 Å². The van der Waals surface area contributed by atoms with Gasteiger partial charge in [0.05, 0.1) is 20.7 Å². The quantitative estimate of drug-likeness (QED) is 0.783. The van der Waals surface area contributed by atoms with Crippen LogP contribution >= 0.6 is 34.2 Å². The largest absolute Gasteiger partial charge is 0.380 e. The summed E-state index contributed by atoms with van der Waals surface area (Å²) in [5.74, 6) is 0. The second-order valence-electron chi connectivity index (χ2n) is 3.17. The van der Waals surface area contributed by atoms with Crippen molar-refractivity contribution in [1.29, 1.82) is 0 Å². The molecule has 78 valence electrons. The van der Waals surface area contributed by atoms with Gasteiger partial charge in [-0.2, -0.15) is 0 Å². The van der Waals surface area contributed by atoms with Gasteiger partial charge in [-0.25, -0.2) is 0 Å². The number of para-hydroxylation sites is 1. The molecule has 0 bridgehead atoms. The molecule has 0 spiro atoms. The Morgan fingerprint density at radius 2 is 2.27 bits per heavy atom. The molecule has 1 aromatic carbocycles. The van der Waals surface area contributed by atoms with Crippen molar-refractivity contribution in [3.05, 3.63) is 38.6 Å². The molecule has 2 aromatic rings. The Labute approximate surface area is 107 Å². The summed E-state index contributed by atoms with van der Waals surface area (Å²) in [6, 6.07) is 5.95. The maximum Gasteiger partial charge on any atom is 0.0772 e. The Morgan fingerprint density at radius 1 is 1.47 bits per heavy atom. The summed E-state index contributed by atoms with van der Waals surface area (Å²) in [6.07, 6.45) is 1.78. The number of aromatic nitrogens is 1. The molecule has 0 atom stereocenters. The van der Waals surface area contributed by atoms with Crippen molar-refractivity contribution >= 4 is 45.1 Å². The van der Waals surface area contributed by atoms with Crippen LogP contribution in [0.5, 0.6) is 0 Å². The maximum absolute atomic E-state index is 6.21. The van der Waals surface area contributed by atoms with Crippen LogP contribution in [0.4, 0.5) is 0 Å². The summed E-state index contributed by atoms with van der Waals surface area (Å²) in [5.41, 5.74) is 1.98. The lowest BCUT2D eigenvalue weighted by molar-refractivity contribution is 0.186.